The third-order valence-corrected chi connectivity index (χ3v) is 4.70. The fraction of sp³-hybridized carbons (Fsp3) is 0.278. The first-order chi connectivity index (χ1) is 12.0. The average Bonchev–Trinajstić information content (AvgIpc) is 2.62. The minimum atomic E-state index is -0.921. The molecule has 2 aromatic carbocycles. The van der Waals surface area contributed by atoms with Crippen LogP contribution >= 0.6 is 11.8 Å². The van der Waals surface area contributed by atoms with Crippen LogP contribution in [0.2, 0.25) is 0 Å². The molecular weight excluding hydrogens is 348 g/mol. The van der Waals surface area contributed by atoms with Crippen LogP contribution in [-0.2, 0) is 4.79 Å². The number of fused-ring (bicyclic) bond motifs is 1. The highest BCUT2D eigenvalue weighted by atomic mass is 32.2. The second kappa shape index (κ2) is 7.74. The predicted octanol–water partition coefficient (Wildman–Crippen LogP) is 3.71. The Labute approximate surface area is 148 Å². The number of carbonyl (C=O) groups is 1. The summed E-state index contributed by atoms with van der Waals surface area (Å²) >= 11 is 1.15. The number of halogens is 2. The van der Waals surface area contributed by atoms with Crippen LogP contribution < -0.4 is 14.8 Å². The van der Waals surface area contributed by atoms with Gasteiger partial charge < -0.3 is 14.8 Å². The molecule has 0 aliphatic carbocycles. The van der Waals surface area contributed by atoms with Gasteiger partial charge in [-0.1, -0.05) is 6.07 Å². The van der Waals surface area contributed by atoms with E-state index in [2.05, 4.69) is 5.32 Å². The summed E-state index contributed by atoms with van der Waals surface area (Å²) in [6.07, 6.45) is 0. The zero-order chi connectivity index (χ0) is 17.8. The van der Waals surface area contributed by atoms with E-state index in [9.17, 15) is 13.6 Å². The van der Waals surface area contributed by atoms with Crippen LogP contribution in [0.25, 0.3) is 0 Å². The van der Waals surface area contributed by atoms with Crippen molar-refractivity contribution in [1.82, 2.24) is 5.32 Å². The fourth-order valence-electron chi connectivity index (χ4n) is 2.41. The molecule has 1 atom stereocenters. The predicted molar refractivity (Wildman–Crippen MR) is 91.1 cm³/mol. The molecule has 0 fully saturated rings. The quantitative estimate of drug-likeness (QED) is 0.821. The maximum atomic E-state index is 13.2. The highest BCUT2D eigenvalue weighted by Gasteiger charge is 2.16. The lowest BCUT2D eigenvalue weighted by molar-refractivity contribution is -0.119. The molecule has 1 aliphatic rings. The summed E-state index contributed by atoms with van der Waals surface area (Å²) in [7, 11) is 0. The summed E-state index contributed by atoms with van der Waals surface area (Å²) < 4.78 is 37.1. The maximum absolute atomic E-state index is 13.2. The smallest absolute Gasteiger partial charge is 0.230 e. The molecule has 2 aromatic rings. The lowest BCUT2D eigenvalue weighted by atomic mass is 10.1. The summed E-state index contributed by atoms with van der Waals surface area (Å²) in [4.78, 5) is 12.6. The van der Waals surface area contributed by atoms with Crippen molar-refractivity contribution >= 4 is 17.7 Å². The van der Waals surface area contributed by atoms with Crippen molar-refractivity contribution in [3.63, 3.8) is 0 Å². The average molecular weight is 365 g/mol. The number of ether oxygens (including phenoxy) is 2. The monoisotopic (exact) mass is 365 g/mol. The number of carbonyl (C=O) groups excluding carboxylic acids is 1. The molecule has 0 spiro atoms. The first kappa shape index (κ1) is 17.5. The van der Waals surface area contributed by atoms with Gasteiger partial charge in [-0.05, 0) is 42.8 Å². The van der Waals surface area contributed by atoms with Crippen LogP contribution in [0.15, 0.2) is 41.3 Å². The molecule has 0 aromatic heterocycles. The molecule has 132 valence electrons. The van der Waals surface area contributed by atoms with Gasteiger partial charge in [0.2, 0.25) is 5.91 Å². The molecule has 7 heteroatoms. The van der Waals surface area contributed by atoms with Gasteiger partial charge >= 0.3 is 0 Å². The van der Waals surface area contributed by atoms with Crippen LogP contribution in [0.3, 0.4) is 0 Å². The first-order valence-corrected chi connectivity index (χ1v) is 8.78. The van der Waals surface area contributed by atoms with Gasteiger partial charge in [0.05, 0.1) is 11.8 Å². The Bertz CT molecular complexity index is 785. The summed E-state index contributed by atoms with van der Waals surface area (Å²) in [5, 5.41) is 2.88. The van der Waals surface area contributed by atoms with E-state index in [-0.39, 0.29) is 17.7 Å². The molecule has 0 bridgehead atoms. The lowest BCUT2D eigenvalue weighted by Gasteiger charge is -2.21. The number of benzene rings is 2. The van der Waals surface area contributed by atoms with Crippen molar-refractivity contribution in [1.29, 1.82) is 0 Å². The number of thioether (sulfide) groups is 1. The molecule has 4 nitrogen and oxygen atoms in total. The van der Waals surface area contributed by atoms with Gasteiger partial charge in [0.1, 0.15) is 13.2 Å². The Morgan fingerprint density at radius 3 is 2.64 bits per heavy atom. The molecule has 1 unspecified atom stereocenters. The maximum Gasteiger partial charge on any atom is 0.230 e. The Kier molecular flexibility index (Phi) is 5.43. The topological polar surface area (TPSA) is 47.6 Å². The zero-order valence-corrected chi connectivity index (χ0v) is 14.4. The van der Waals surface area contributed by atoms with E-state index in [1.54, 1.807) is 0 Å². The molecule has 0 saturated carbocycles. The van der Waals surface area contributed by atoms with Gasteiger partial charge in [-0.3, -0.25) is 4.79 Å². The van der Waals surface area contributed by atoms with E-state index in [4.69, 9.17) is 9.47 Å². The standard InChI is InChI=1S/C18H17F2NO3S/c1-11(12-2-5-16-17(8-12)24-7-6-23-16)21-18(22)10-25-13-3-4-14(19)15(20)9-13/h2-5,8-9,11H,6-7,10H2,1H3,(H,21,22). The van der Waals surface area contributed by atoms with Crippen LogP contribution in [-0.4, -0.2) is 24.9 Å². The van der Waals surface area contributed by atoms with Gasteiger partial charge in [0, 0.05) is 4.90 Å². The molecule has 1 heterocycles. The van der Waals surface area contributed by atoms with E-state index in [1.807, 2.05) is 25.1 Å². The minimum absolute atomic E-state index is 0.111. The molecule has 3 rings (SSSR count). The summed E-state index contributed by atoms with van der Waals surface area (Å²) in [5.41, 5.74) is 0.899. The molecule has 1 amide bonds. The van der Waals surface area contributed by atoms with Crippen LogP contribution in [0.1, 0.15) is 18.5 Å². The highest BCUT2D eigenvalue weighted by Crippen LogP contribution is 2.32. The van der Waals surface area contributed by atoms with Crippen LogP contribution in [0.4, 0.5) is 8.78 Å². The number of amides is 1. The molecule has 0 radical (unpaired) electrons. The number of hydrogen-bond acceptors (Lipinski definition) is 4. The van der Waals surface area contributed by atoms with E-state index in [0.29, 0.717) is 29.6 Å². The Balaban J connectivity index is 1.56. The number of rotatable bonds is 5. The summed E-state index contributed by atoms with van der Waals surface area (Å²) in [6, 6.07) is 8.91. The minimum Gasteiger partial charge on any atom is -0.486 e. The summed E-state index contributed by atoms with van der Waals surface area (Å²) in [6.45, 7) is 2.90. The van der Waals surface area contributed by atoms with Crippen molar-refractivity contribution in [3.05, 3.63) is 53.6 Å². The van der Waals surface area contributed by atoms with Gasteiger partial charge in [-0.15, -0.1) is 11.8 Å². The third kappa shape index (κ3) is 4.42. The fourth-order valence-corrected chi connectivity index (χ4v) is 3.14. The van der Waals surface area contributed by atoms with Crippen molar-refractivity contribution in [2.24, 2.45) is 0 Å². The largest absolute Gasteiger partial charge is 0.486 e. The van der Waals surface area contributed by atoms with Gasteiger partial charge in [0.15, 0.2) is 23.1 Å². The highest BCUT2D eigenvalue weighted by molar-refractivity contribution is 8.00. The van der Waals surface area contributed by atoms with Crippen molar-refractivity contribution in [2.45, 2.75) is 17.9 Å². The molecule has 0 saturated heterocycles. The van der Waals surface area contributed by atoms with Gasteiger partial charge in [0.25, 0.3) is 0 Å². The molecular formula is C18H17F2NO3S. The molecule has 1 aliphatic heterocycles. The third-order valence-electron chi connectivity index (χ3n) is 3.70. The van der Waals surface area contributed by atoms with Gasteiger partial charge in [-0.25, -0.2) is 8.78 Å². The van der Waals surface area contributed by atoms with Crippen molar-refractivity contribution < 1.29 is 23.0 Å². The molecule has 25 heavy (non-hydrogen) atoms. The van der Waals surface area contributed by atoms with E-state index in [0.717, 1.165) is 29.5 Å². The van der Waals surface area contributed by atoms with Crippen LogP contribution in [0.5, 0.6) is 11.5 Å². The van der Waals surface area contributed by atoms with E-state index < -0.39 is 11.6 Å². The molecule has 1 N–H and O–H groups in total. The summed E-state index contributed by atoms with van der Waals surface area (Å²) in [5.74, 6) is -0.545. The SMILES string of the molecule is CC(NC(=O)CSc1ccc(F)c(F)c1)c1ccc2c(c1)OCCO2. The second-order valence-corrected chi connectivity index (χ2v) is 6.61. The van der Waals surface area contributed by atoms with Crippen LogP contribution in [0, 0.1) is 11.6 Å². The Morgan fingerprint density at radius 2 is 1.88 bits per heavy atom. The second-order valence-electron chi connectivity index (χ2n) is 5.56. The Morgan fingerprint density at radius 1 is 1.12 bits per heavy atom. The zero-order valence-electron chi connectivity index (χ0n) is 13.6. The van der Waals surface area contributed by atoms with E-state index in [1.165, 1.54) is 6.07 Å². The Hall–Kier alpha value is -2.28. The lowest BCUT2D eigenvalue weighted by Crippen LogP contribution is -2.28. The first-order valence-electron chi connectivity index (χ1n) is 7.79. The van der Waals surface area contributed by atoms with Crippen molar-refractivity contribution in [2.75, 3.05) is 19.0 Å². The number of nitrogens with one attached hydrogen (secondary N) is 1. The number of hydrogen-bond donors (Lipinski definition) is 1. The van der Waals surface area contributed by atoms with Crippen molar-refractivity contribution in [3.8, 4) is 11.5 Å². The normalized spacial score (nSPS) is 14.0. The van der Waals surface area contributed by atoms with Gasteiger partial charge in [-0.2, -0.15) is 0 Å². The van der Waals surface area contributed by atoms with E-state index >= 15 is 0 Å².